The molecule has 2 amide bonds. The van der Waals surface area contributed by atoms with E-state index in [0.29, 0.717) is 6.42 Å². The second-order valence-corrected chi connectivity index (χ2v) is 6.18. The third-order valence-corrected chi connectivity index (χ3v) is 4.12. The number of nitrogens with one attached hydrogen (secondary N) is 1. The highest BCUT2D eigenvalue weighted by Crippen LogP contribution is 2.26. The number of amides is 2. The van der Waals surface area contributed by atoms with Crippen molar-refractivity contribution >= 4 is 12.0 Å². The van der Waals surface area contributed by atoms with Crippen LogP contribution in [0.4, 0.5) is 4.79 Å². The Kier molecular flexibility index (Phi) is 6.16. The topological polar surface area (TPSA) is 99.1 Å². The summed E-state index contributed by atoms with van der Waals surface area (Å²) in [5.41, 5.74) is 1.01. The molecule has 1 aliphatic rings. The van der Waals surface area contributed by atoms with Gasteiger partial charge in [-0.25, -0.2) is 4.79 Å². The summed E-state index contributed by atoms with van der Waals surface area (Å²) in [6, 6.07) is 9.16. The molecular formula is C17H24N2O5. The summed E-state index contributed by atoms with van der Waals surface area (Å²) in [5.74, 6) is -0.296. The van der Waals surface area contributed by atoms with Gasteiger partial charge in [0.1, 0.15) is 6.23 Å². The molecule has 4 atom stereocenters. The van der Waals surface area contributed by atoms with Gasteiger partial charge in [-0.05, 0) is 24.8 Å². The van der Waals surface area contributed by atoms with Crippen molar-refractivity contribution in [3.8, 4) is 0 Å². The highest BCUT2D eigenvalue weighted by molar-refractivity contribution is 5.77. The van der Waals surface area contributed by atoms with E-state index >= 15 is 0 Å². The lowest BCUT2D eigenvalue weighted by molar-refractivity contribution is -0.138. The number of hydrogen-bond acceptors (Lipinski definition) is 4. The van der Waals surface area contributed by atoms with Crippen LogP contribution in [0.5, 0.6) is 0 Å². The number of aliphatic hydroxyl groups excluding tert-OH is 1. The minimum Gasteiger partial charge on any atom is -0.465 e. The van der Waals surface area contributed by atoms with Gasteiger partial charge in [-0.1, -0.05) is 37.3 Å². The van der Waals surface area contributed by atoms with Crippen LogP contribution in [0.25, 0.3) is 0 Å². The summed E-state index contributed by atoms with van der Waals surface area (Å²) in [7, 11) is 0. The molecule has 1 fully saturated rings. The molecule has 1 aromatic rings. The molecule has 0 saturated carbocycles. The van der Waals surface area contributed by atoms with Gasteiger partial charge in [-0.2, -0.15) is 0 Å². The van der Waals surface area contributed by atoms with Gasteiger partial charge in [0.2, 0.25) is 5.91 Å². The lowest BCUT2D eigenvalue weighted by atomic mass is 10.0. The molecular weight excluding hydrogens is 312 g/mol. The molecule has 7 heteroatoms. The molecule has 1 aromatic carbocycles. The highest BCUT2D eigenvalue weighted by Gasteiger charge is 2.41. The fourth-order valence-electron chi connectivity index (χ4n) is 2.94. The van der Waals surface area contributed by atoms with E-state index in [4.69, 9.17) is 9.84 Å². The molecule has 1 aliphatic heterocycles. The Morgan fingerprint density at radius 3 is 2.62 bits per heavy atom. The van der Waals surface area contributed by atoms with Crippen molar-refractivity contribution in [1.29, 1.82) is 0 Å². The number of carbonyl (C=O) groups excluding carboxylic acids is 1. The third-order valence-electron chi connectivity index (χ3n) is 4.12. The number of carboxylic acid groups (broad SMARTS) is 1. The zero-order valence-electron chi connectivity index (χ0n) is 13.9. The molecule has 24 heavy (non-hydrogen) atoms. The Morgan fingerprint density at radius 1 is 1.33 bits per heavy atom. The zero-order valence-corrected chi connectivity index (χ0v) is 13.9. The van der Waals surface area contributed by atoms with E-state index in [9.17, 15) is 14.7 Å². The van der Waals surface area contributed by atoms with Gasteiger partial charge in [0.25, 0.3) is 0 Å². The first-order valence-corrected chi connectivity index (χ1v) is 8.04. The monoisotopic (exact) mass is 336 g/mol. The van der Waals surface area contributed by atoms with E-state index in [1.54, 1.807) is 18.7 Å². The number of benzene rings is 1. The quantitative estimate of drug-likeness (QED) is 0.729. The highest BCUT2D eigenvalue weighted by atomic mass is 16.6. The maximum Gasteiger partial charge on any atom is 0.404 e. The standard InChI is InChI=1S/C17H24N2O5/c1-11(10-18-17(22)23)8-15(20)19-12(2)24-16(21)14(19)9-13-6-4-3-5-7-13/h3-7,11-12,14,16,18,21H,8-10H2,1-2H3,(H,22,23). The van der Waals surface area contributed by atoms with Gasteiger partial charge in [0.15, 0.2) is 6.29 Å². The third kappa shape index (κ3) is 4.69. The largest absolute Gasteiger partial charge is 0.465 e. The maximum absolute atomic E-state index is 12.6. The smallest absolute Gasteiger partial charge is 0.404 e. The predicted molar refractivity (Wildman–Crippen MR) is 87.1 cm³/mol. The SMILES string of the molecule is CC(CNC(=O)O)CC(=O)N1C(C)OC(O)C1Cc1ccccc1. The Morgan fingerprint density at radius 2 is 2.00 bits per heavy atom. The van der Waals surface area contributed by atoms with Crippen LogP contribution in [-0.4, -0.2) is 52.2 Å². The number of ether oxygens (including phenoxy) is 1. The van der Waals surface area contributed by atoms with Gasteiger partial charge >= 0.3 is 6.09 Å². The van der Waals surface area contributed by atoms with Crippen molar-refractivity contribution in [2.75, 3.05) is 6.54 Å². The molecule has 3 N–H and O–H groups in total. The van der Waals surface area contributed by atoms with Gasteiger partial charge < -0.3 is 25.2 Å². The number of aliphatic hydroxyl groups is 1. The lowest BCUT2D eigenvalue weighted by Crippen LogP contribution is -2.44. The molecule has 7 nitrogen and oxygen atoms in total. The average Bonchev–Trinajstić information content (AvgIpc) is 2.80. The van der Waals surface area contributed by atoms with Gasteiger partial charge in [0.05, 0.1) is 6.04 Å². The van der Waals surface area contributed by atoms with Gasteiger partial charge in [-0.3, -0.25) is 4.79 Å². The van der Waals surface area contributed by atoms with Crippen molar-refractivity contribution in [3.63, 3.8) is 0 Å². The fourth-order valence-corrected chi connectivity index (χ4v) is 2.94. The van der Waals surface area contributed by atoms with Crippen LogP contribution in [0, 0.1) is 5.92 Å². The van der Waals surface area contributed by atoms with Crippen molar-refractivity contribution in [1.82, 2.24) is 10.2 Å². The number of nitrogens with zero attached hydrogens (tertiary/aromatic N) is 1. The van der Waals surface area contributed by atoms with Crippen LogP contribution in [0.3, 0.4) is 0 Å². The number of hydrogen-bond donors (Lipinski definition) is 3. The summed E-state index contributed by atoms with van der Waals surface area (Å²) in [6.07, 6.45) is -1.96. The van der Waals surface area contributed by atoms with E-state index < -0.39 is 24.7 Å². The Balaban J connectivity index is 2.01. The molecule has 0 bridgehead atoms. The van der Waals surface area contributed by atoms with Crippen LogP contribution in [0.1, 0.15) is 25.8 Å². The normalized spacial score (nSPS) is 24.6. The van der Waals surface area contributed by atoms with Crippen LogP contribution in [0.2, 0.25) is 0 Å². The summed E-state index contributed by atoms with van der Waals surface area (Å²) in [6.45, 7) is 3.74. The van der Waals surface area contributed by atoms with Gasteiger partial charge in [-0.15, -0.1) is 0 Å². The van der Waals surface area contributed by atoms with Gasteiger partial charge in [0, 0.05) is 13.0 Å². The first-order chi connectivity index (χ1) is 11.4. The molecule has 132 valence electrons. The maximum atomic E-state index is 12.6. The Labute approximate surface area is 141 Å². The minimum absolute atomic E-state index is 0.143. The van der Waals surface area contributed by atoms with E-state index in [-0.39, 0.29) is 24.8 Å². The zero-order chi connectivity index (χ0) is 17.7. The molecule has 0 aliphatic carbocycles. The number of rotatable bonds is 6. The number of carbonyl (C=O) groups is 2. The predicted octanol–water partition coefficient (Wildman–Crippen LogP) is 1.41. The van der Waals surface area contributed by atoms with Crippen molar-refractivity contribution in [2.24, 2.45) is 5.92 Å². The summed E-state index contributed by atoms with van der Waals surface area (Å²) in [4.78, 5) is 24.7. The molecule has 0 radical (unpaired) electrons. The average molecular weight is 336 g/mol. The molecule has 0 aromatic heterocycles. The molecule has 2 rings (SSSR count). The Bertz CT molecular complexity index is 565. The van der Waals surface area contributed by atoms with Crippen LogP contribution in [-0.2, 0) is 16.0 Å². The minimum atomic E-state index is -1.11. The lowest BCUT2D eigenvalue weighted by Gasteiger charge is -2.28. The first-order valence-electron chi connectivity index (χ1n) is 8.04. The first kappa shape index (κ1) is 18.2. The van der Waals surface area contributed by atoms with Crippen LogP contribution in [0.15, 0.2) is 30.3 Å². The van der Waals surface area contributed by atoms with E-state index in [0.717, 1.165) is 5.56 Å². The van der Waals surface area contributed by atoms with Crippen molar-refractivity contribution in [2.45, 2.75) is 45.2 Å². The summed E-state index contributed by atoms with van der Waals surface area (Å²) < 4.78 is 5.41. The summed E-state index contributed by atoms with van der Waals surface area (Å²) >= 11 is 0. The summed E-state index contributed by atoms with van der Waals surface area (Å²) in [5, 5.41) is 21.1. The van der Waals surface area contributed by atoms with Crippen LogP contribution < -0.4 is 5.32 Å². The molecule has 0 spiro atoms. The molecule has 4 unspecified atom stereocenters. The van der Waals surface area contributed by atoms with Crippen molar-refractivity contribution in [3.05, 3.63) is 35.9 Å². The second-order valence-electron chi connectivity index (χ2n) is 6.18. The van der Waals surface area contributed by atoms with Crippen LogP contribution >= 0.6 is 0 Å². The fraction of sp³-hybridized carbons (Fsp3) is 0.529. The van der Waals surface area contributed by atoms with E-state index in [1.807, 2.05) is 30.3 Å². The van der Waals surface area contributed by atoms with Crippen molar-refractivity contribution < 1.29 is 24.5 Å². The molecule has 1 heterocycles. The second kappa shape index (κ2) is 8.12. The molecule has 1 saturated heterocycles. The Hall–Kier alpha value is -2.12. The van der Waals surface area contributed by atoms with E-state index in [1.165, 1.54) is 0 Å². The van der Waals surface area contributed by atoms with E-state index in [2.05, 4.69) is 5.32 Å².